The summed E-state index contributed by atoms with van der Waals surface area (Å²) in [6, 6.07) is 14.1. The Morgan fingerprint density at radius 3 is 2.31 bits per heavy atom. The van der Waals surface area contributed by atoms with Crippen LogP contribution in [-0.2, 0) is 30.5 Å². The molecule has 0 aliphatic carbocycles. The van der Waals surface area contributed by atoms with Crippen molar-refractivity contribution >= 4 is 51.2 Å². The van der Waals surface area contributed by atoms with Crippen LogP contribution in [0.5, 0.6) is 0 Å². The zero-order valence-electron chi connectivity index (χ0n) is 28.1. The highest BCUT2D eigenvalue weighted by Crippen LogP contribution is 2.44. The number of nitrogens with one attached hydrogen (secondary N) is 1. The number of unbranched alkanes of at least 4 members (excludes halogenated alkanes) is 1. The number of aliphatic carboxylic acids is 1. The Kier molecular flexibility index (Phi) is 9.37. The number of fused-ring (bicyclic) bond motifs is 2. The molecule has 3 N–H and O–H groups in total. The molecule has 48 heavy (non-hydrogen) atoms. The van der Waals surface area contributed by atoms with E-state index in [0.29, 0.717) is 12.8 Å². The third kappa shape index (κ3) is 6.51. The molecule has 2 heterocycles. The van der Waals surface area contributed by atoms with Crippen molar-refractivity contribution in [1.82, 2.24) is 5.32 Å². The Bertz CT molecular complexity index is 2140. The van der Waals surface area contributed by atoms with E-state index in [9.17, 15) is 27.4 Å². The second-order valence-corrected chi connectivity index (χ2v) is 15.2. The highest BCUT2D eigenvalue weighted by molar-refractivity contribution is 7.85. The van der Waals surface area contributed by atoms with Gasteiger partial charge in [-0.2, -0.15) is 13.0 Å². The zero-order chi connectivity index (χ0) is 35.2. The van der Waals surface area contributed by atoms with Gasteiger partial charge in [0.2, 0.25) is 11.6 Å². The van der Waals surface area contributed by atoms with Gasteiger partial charge in [0.1, 0.15) is 18.8 Å². The number of likely N-dealkylation sites (N-methyl/N-ethyl adjacent to an activating group) is 1. The van der Waals surface area contributed by atoms with E-state index < -0.39 is 44.6 Å². The summed E-state index contributed by atoms with van der Waals surface area (Å²) in [7, 11) is -0.784. The first kappa shape index (κ1) is 34.9. The quantitative estimate of drug-likeness (QED) is 0.157. The molecule has 1 amide bonds. The number of rotatable bonds is 11. The van der Waals surface area contributed by atoms with E-state index in [2.05, 4.69) is 49.0 Å². The van der Waals surface area contributed by atoms with Gasteiger partial charge in [-0.15, -0.1) is 0 Å². The van der Waals surface area contributed by atoms with Crippen molar-refractivity contribution in [2.45, 2.75) is 69.9 Å². The Labute approximate surface area is 280 Å². The minimum atomic E-state index is -4.66. The second-order valence-electron chi connectivity index (χ2n) is 13.7. The number of carbonyl (C=O) groups excluding carboxylic acids is 1. The molecule has 0 fully saturated rings. The van der Waals surface area contributed by atoms with Gasteiger partial charge >= 0.3 is 5.97 Å². The van der Waals surface area contributed by atoms with Gasteiger partial charge in [-0.3, -0.25) is 23.9 Å². The molecule has 5 rings (SSSR count). The number of carboxylic acid groups (broad SMARTS) is 1. The summed E-state index contributed by atoms with van der Waals surface area (Å²) in [6.45, 7) is 8.40. The highest BCUT2D eigenvalue weighted by Gasteiger charge is 2.44. The van der Waals surface area contributed by atoms with E-state index in [1.807, 2.05) is 67.2 Å². The van der Waals surface area contributed by atoms with Crippen molar-refractivity contribution < 1.29 is 32.2 Å². The Morgan fingerprint density at radius 1 is 1.04 bits per heavy atom. The predicted octanol–water partition coefficient (Wildman–Crippen LogP) is 1.51. The number of anilines is 1. The minimum absolute atomic E-state index is 0.0691. The fourth-order valence-corrected chi connectivity index (χ4v) is 7.75. The lowest BCUT2D eigenvalue weighted by molar-refractivity contribution is -0.400. The van der Waals surface area contributed by atoms with Crippen LogP contribution in [0.25, 0.3) is 12.2 Å². The maximum absolute atomic E-state index is 14.1. The number of nitrogens with zero attached hydrogens (tertiary/aromatic N) is 3. The minimum Gasteiger partial charge on any atom is -0.481 e. The SMILES string of the molecule is CN1c2ccccc2C(C)(C)C1/C=c1\c(=O)/c(=C\C2=[N+](C)c3ccccc3C2(C)C)c1=NC(CS(=O)(=O)O)C(=O)NCCCCC(=O)O. The molecule has 3 aromatic carbocycles. The van der Waals surface area contributed by atoms with Crippen LogP contribution in [0.1, 0.15) is 58.1 Å². The van der Waals surface area contributed by atoms with E-state index in [-0.39, 0.29) is 40.2 Å². The third-order valence-electron chi connectivity index (χ3n) is 9.75. The molecule has 12 heteroatoms. The first-order valence-electron chi connectivity index (χ1n) is 16.0. The molecule has 254 valence electrons. The van der Waals surface area contributed by atoms with Gasteiger partial charge in [0.05, 0.1) is 22.0 Å². The van der Waals surface area contributed by atoms with Gasteiger partial charge < -0.3 is 15.3 Å². The number of amides is 1. The zero-order valence-corrected chi connectivity index (χ0v) is 29.0. The molecule has 11 nitrogen and oxygen atoms in total. The molecular formula is C36H43N4O7S+. The van der Waals surface area contributed by atoms with Crippen LogP contribution in [0.4, 0.5) is 11.4 Å². The lowest BCUT2D eigenvalue weighted by Crippen LogP contribution is -2.67. The summed E-state index contributed by atoms with van der Waals surface area (Å²) in [5, 5.41) is 12.2. The van der Waals surface area contributed by atoms with Crippen LogP contribution in [0.3, 0.4) is 0 Å². The second kappa shape index (κ2) is 12.9. The molecule has 2 unspecified atom stereocenters. The number of hydrogen-bond acceptors (Lipinski definition) is 7. The van der Waals surface area contributed by atoms with Crippen molar-refractivity contribution in [1.29, 1.82) is 0 Å². The number of para-hydroxylation sites is 2. The van der Waals surface area contributed by atoms with Gasteiger partial charge in [-0.05, 0) is 44.4 Å². The Balaban J connectivity index is 1.68. The third-order valence-corrected chi connectivity index (χ3v) is 10.5. The molecule has 0 saturated heterocycles. The van der Waals surface area contributed by atoms with Crippen LogP contribution >= 0.6 is 0 Å². The van der Waals surface area contributed by atoms with E-state index in [1.54, 1.807) is 6.08 Å². The van der Waals surface area contributed by atoms with Crippen molar-refractivity contribution in [2.75, 3.05) is 31.3 Å². The van der Waals surface area contributed by atoms with E-state index in [4.69, 9.17) is 5.11 Å². The molecule has 3 aromatic rings. The van der Waals surface area contributed by atoms with Crippen LogP contribution in [0, 0.1) is 0 Å². The lowest BCUT2D eigenvalue weighted by atomic mass is 9.79. The van der Waals surface area contributed by atoms with Crippen LogP contribution < -0.4 is 31.4 Å². The summed E-state index contributed by atoms with van der Waals surface area (Å²) in [4.78, 5) is 45.0. The lowest BCUT2D eigenvalue weighted by Gasteiger charge is -2.29. The number of carboxylic acids is 1. The van der Waals surface area contributed by atoms with Crippen LogP contribution in [0.2, 0.25) is 0 Å². The first-order chi connectivity index (χ1) is 22.4. The fourth-order valence-electron chi connectivity index (χ4n) is 7.12. The molecule has 0 saturated carbocycles. The fraction of sp³-hybridized carbons (Fsp3) is 0.417. The summed E-state index contributed by atoms with van der Waals surface area (Å²) in [5.74, 6) is -2.70. The topological polar surface area (TPSA) is 156 Å². The van der Waals surface area contributed by atoms with Gasteiger partial charge in [-0.1, -0.05) is 50.2 Å². The number of carbonyl (C=O) groups is 2. The van der Waals surface area contributed by atoms with E-state index in [0.717, 1.165) is 28.2 Å². The van der Waals surface area contributed by atoms with Crippen molar-refractivity contribution in [3.8, 4) is 0 Å². The first-order valence-corrected chi connectivity index (χ1v) is 17.6. The molecule has 0 radical (unpaired) electrons. The summed E-state index contributed by atoms with van der Waals surface area (Å²) in [6.07, 6.45) is 4.21. The molecule has 2 aliphatic heterocycles. The van der Waals surface area contributed by atoms with Crippen LogP contribution in [-0.4, -0.2) is 78.7 Å². The summed E-state index contributed by atoms with van der Waals surface area (Å²) in [5.41, 5.74) is 3.91. The standard InChI is InChI=1S/C36H42N4O7S/c1-35(2)24-13-7-9-15-27(24)39(5)29(35)19-22-32(38-26(21-48(45,46)47)34(44)37-18-12-11-17-31(41)42)23(33(22)43)20-30-36(3,4)25-14-8-10-16-28(25)40(30)6/h7-10,13-16,19-20,26,29H,11-12,17-18,21H2,1-6H3,(H2-,37,41,42,44,45,46,47)/p+1/b22-19-,23-20-,38-32?. The van der Waals surface area contributed by atoms with Crippen molar-refractivity contribution in [3.05, 3.63) is 85.7 Å². The van der Waals surface area contributed by atoms with Gasteiger partial charge in [0.15, 0.2) is 11.1 Å². The summed E-state index contributed by atoms with van der Waals surface area (Å²) >= 11 is 0. The molecular weight excluding hydrogens is 632 g/mol. The Morgan fingerprint density at radius 2 is 1.69 bits per heavy atom. The molecule has 0 aromatic heterocycles. The Hall–Kier alpha value is -4.42. The van der Waals surface area contributed by atoms with Gasteiger partial charge in [-0.25, -0.2) is 0 Å². The smallest absolute Gasteiger partial charge is 0.303 e. The molecule has 2 atom stereocenters. The average molecular weight is 676 g/mol. The molecule has 2 aliphatic rings. The maximum Gasteiger partial charge on any atom is 0.303 e. The van der Waals surface area contributed by atoms with Crippen molar-refractivity contribution in [3.63, 3.8) is 0 Å². The monoisotopic (exact) mass is 675 g/mol. The van der Waals surface area contributed by atoms with Gasteiger partial charge in [0, 0.05) is 54.0 Å². The number of hydrogen-bond donors (Lipinski definition) is 3. The number of benzene rings is 2. The highest BCUT2D eigenvalue weighted by atomic mass is 32.2. The van der Waals surface area contributed by atoms with E-state index >= 15 is 0 Å². The normalized spacial score (nSPS) is 19.9. The predicted molar refractivity (Wildman–Crippen MR) is 186 cm³/mol. The maximum atomic E-state index is 14.1. The van der Waals surface area contributed by atoms with Crippen molar-refractivity contribution in [2.24, 2.45) is 4.99 Å². The van der Waals surface area contributed by atoms with Crippen LogP contribution in [0.15, 0.2) is 58.3 Å². The van der Waals surface area contributed by atoms with Gasteiger partial charge in [0.25, 0.3) is 10.1 Å². The molecule has 0 bridgehead atoms. The summed E-state index contributed by atoms with van der Waals surface area (Å²) < 4.78 is 36.0. The van der Waals surface area contributed by atoms with E-state index in [1.165, 1.54) is 0 Å². The molecule has 0 spiro atoms. The largest absolute Gasteiger partial charge is 0.481 e. The average Bonchev–Trinajstić information content (AvgIpc) is 3.33.